The molecule has 4 N–H and O–H groups in total. The maximum atomic E-state index is 9.45. The van der Waals surface area contributed by atoms with Gasteiger partial charge < -0.3 is 25.4 Å². The molecule has 0 aliphatic heterocycles. The molecule has 0 radical (unpaired) electrons. The molecule has 18 heavy (non-hydrogen) atoms. The first kappa shape index (κ1) is 11.9. The minimum atomic E-state index is 0.0220. The third-order valence-electron chi connectivity index (χ3n) is 2.38. The van der Waals surface area contributed by atoms with E-state index in [0.29, 0.717) is 22.9 Å². The lowest BCUT2D eigenvalue weighted by Gasteiger charge is -2.10. The van der Waals surface area contributed by atoms with Crippen molar-refractivity contribution in [3.05, 3.63) is 36.4 Å². The van der Waals surface area contributed by atoms with Crippen molar-refractivity contribution >= 4 is 5.69 Å². The van der Waals surface area contributed by atoms with E-state index in [1.807, 2.05) is 0 Å². The number of aromatic hydroxyl groups is 2. The highest BCUT2D eigenvalue weighted by atomic mass is 16.5. The molecule has 0 aromatic heterocycles. The molecule has 0 atom stereocenters. The normalized spacial score (nSPS) is 10.1. The van der Waals surface area contributed by atoms with Crippen molar-refractivity contribution in [1.29, 1.82) is 0 Å². The van der Waals surface area contributed by atoms with Crippen LogP contribution in [0.1, 0.15) is 0 Å². The summed E-state index contributed by atoms with van der Waals surface area (Å²) < 4.78 is 10.5. The predicted molar refractivity (Wildman–Crippen MR) is 67.3 cm³/mol. The zero-order chi connectivity index (χ0) is 13.1. The number of methoxy groups -OCH3 is 1. The number of rotatable bonds is 3. The summed E-state index contributed by atoms with van der Waals surface area (Å²) >= 11 is 0. The topological polar surface area (TPSA) is 84.9 Å². The lowest BCUT2D eigenvalue weighted by atomic mass is 10.2. The fraction of sp³-hybridized carbons (Fsp3) is 0.0769. The van der Waals surface area contributed by atoms with E-state index in [1.54, 1.807) is 12.1 Å². The van der Waals surface area contributed by atoms with Crippen molar-refractivity contribution in [1.82, 2.24) is 0 Å². The summed E-state index contributed by atoms with van der Waals surface area (Å²) in [5, 5.41) is 18.8. The SMILES string of the molecule is COc1cc(Oc2cc(O)ccc2N)ccc1O. The molecule has 0 spiro atoms. The Morgan fingerprint density at radius 3 is 2.50 bits per heavy atom. The van der Waals surface area contributed by atoms with Gasteiger partial charge in [-0.2, -0.15) is 0 Å². The Bertz CT molecular complexity index is 569. The fourth-order valence-corrected chi connectivity index (χ4v) is 1.46. The Hall–Kier alpha value is -2.56. The molecule has 0 amide bonds. The number of phenolic OH excluding ortho intramolecular Hbond substituents is 2. The molecule has 5 nitrogen and oxygen atoms in total. The van der Waals surface area contributed by atoms with E-state index >= 15 is 0 Å². The molecule has 94 valence electrons. The van der Waals surface area contributed by atoms with Crippen molar-refractivity contribution in [2.24, 2.45) is 0 Å². The molecular formula is C13H13NO4. The van der Waals surface area contributed by atoms with Crippen molar-refractivity contribution in [3.8, 4) is 28.7 Å². The van der Waals surface area contributed by atoms with Crippen LogP contribution in [0, 0.1) is 0 Å². The zero-order valence-electron chi connectivity index (χ0n) is 9.75. The number of hydrogen-bond acceptors (Lipinski definition) is 5. The summed E-state index contributed by atoms with van der Waals surface area (Å²) in [5.41, 5.74) is 6.12. The van der Waals surface area contributed by atoms with Gasteiger partial charge in [0, 0.05) is 12.1 Å². The first-order valence-corrected chi connectivity index (χ1v) is 5.23. The Balaban J connectivity index is 2.31. The molecule has 0 bridgehead atoms. The predicted octanol–water partition coefficient (Wildman–Crippen LogP) is 2.48. The molecule has 2 aromatic rings. The van der Waals surface area contributed by atoms with Gasteiger partial charge in [0.05, 0.1) is 12.8 Å². The lowest BCUT2D eigenvalue weighted by Crippen LogP contribution is -1.92. The van der Waals surface area contributed by atoms with Gasteiger partial charge in [-0.05, 0) is 24.3 Å². The first-order valence-electron chi connectivity index (χ1n) is 5.23. The van der Waals surface area contributed by atoms with Crippen molar-refractivity contribution in [2.45, 2.75) is 0 Å². The van der Waals surface area contributed by atoms with Gasteiger partial charge in [0.15, 0.2) is 17.2 Å². The molecule has 2 rings (SSSR count). The second-order valence-corrected chi connectivity index (χ2v) is 3.66. The molecule has 0 aliphatic carbocycles. The Morgan fingerprint density at radius 2 is 1.78 bits per heavy atom. The van der Waals surface area contributed by atoms with E-state index < -0.39 is 0 Å². The second kappa shape index (κ2) is 4.75. The van der Waals surface area contributed by atoms with E-state index in [9.17, 15) is 10.2 Å². The summed E-state index contributed by atoms with van der Waals surface area (Å²) in [6.07, 6.45) is 0. The fourth-order valence-electron chi connectivity index (χ4n) is 1.46. The summed E-state index contributed by atoms with van der Waals surface area (Å²) in [4.78, 5) is 0. The van der Waals surface area contributed by atoms with Gasteiger partial charge in [0.2, 0.25) is 0 Å². The molecule has 0 unspecified atom stereocenters. The lowest BCUT2D eigenvalue weighted by molar-refractivity contribution is 0.369. The summed E-state index contributed by atoms with van der Waals surface area (Å²) in [6.45, 7) is 0. The standard InChI is InChI=1S/C13H13NO4/c1-17-13-7-9(3-5-11(13)16)18-12-6-8(15)2-4-10(12)14/h2-7,15-16H,14H2,1H3. The average Bonchev–Trinajstić information content (AvgIpc) is 2.36. The monoisotopic (exact) mass is 247 g/mol. The molecule has 0 heterocycles. The van der Waals surface area contributed by atoms with Crippen LogP contribution in [0.15, 0.2) is 36.4 Å². The van der Waals surface area contributed by atoms with E-state index in [1.165, 1.54) is 31.4 Å². The number of phenols is 2. The smallest absolute Gasteiger partial charge is 0.164 e. The summed E-state index contributed by atoms with van der Waals surface area (Å²) in [6, 6.07) is 8.98. The molecule has 0 aliphatic rings. The van der Waals surface area contributed by atoms with Crippen LogP contribution in [-0.4, -0.2) is 17.3 Å². The van der Waals surface area contributed by atoms with Gasteiger partial charge in [0.1, 0.15) is 11.5 Å². The highest BCUT2D eigenvalue weighted by Crippen LogP contribution is 2.35. The number of nitrogens with two attached hydrogens (primary N) is 1. The first-order chi connectivity index (χ1) is 8.60. The number of anilines is 1. The maximum Gasteiger partial charge on any atom is 0.164 e. The van der Waals surface area contributed by atoms with Crippen molar-refractivity contribution in [3.63, 3.8) is 0 Å². The van der Waals surface area contributed by atoms with E-state index in [0.717, 1.165) is 0 Å². The zero-order valence-corrected chi connectivity index (χ0v) is 9.75. The van der Waals surface area contributed by atoms with Gasteiger partial charge >= 0.3 is 0 Å². The van der Waals surface area contributed by atoms with Crippen LogP contribution in [0.25, 0.3) is 0 Å². The van der Waals surface area contributed by atoms with Gasteiger partial charge in [-0.25, -0.2) is 0 Å². The van der Waals surface area contributed by atoms with E-state index in [-0.39, 0.29) is 11.5 Å². The molecule has 0 saturated carbocycles. The van der Waals surface area contributed by atoms with Crippen molar-refractivity contribution < 1.29 is 19.7 Å². The minimum absolute atomic E-state index is 0.0220. The molecule has 0 saturated heterocycles. The number of benzene rings is 2. The van der Waals surface area contributed by atoms with E-state index in [4.69, 9.17) is 15.2 Å². The van der Waals surface area contributed by atoms with Gasteiger partial charge in [-0.15, -0.1) is 0 Å². The van der Waals surface area contributed by atoms with Crippen LogP contribution < -0.4 is 15.2 Å². The van der Waals surface area contributed by atoms with Gasteiger partial charge in [-0.1, -0.05) is 0 Å². The number of ether oxygens (including phenoxy) is 2. The van der Waals surface area contributed by atoms with Crippen LogP contribution in [0.5, 0.6) is 28.7 Å². The second-order valence-electron chi connectivity index (χ2n) is 3.66. The van der Waals surface area contributed by atoms with Crippen LogP contribution >= 0.6 is 0 Å². The Kier molecular flexibility index (Phi) is 3.14. The van der Waals surface area contributed by atoms with E-state index in [2.05, 4.69) is 0 Å². The van der Waals surface area contributed by atoms with Crippen LogP contribution in [0.4, 0.5) is 5.69 Å². The van der Waals surface area contributed by atoms with Crippen LogP contribution in [0.3, 0.4) is 0 Å². The molecule has 0 fully saturated rings. The average molecular weight is 247 g/mol. The largest absolute Gasteiger partial charge is 0.508 e. The summed E-state index contributed by atoms with van der Waals surface area (Å²) in [5.74, 6) is 1.16. The quantitative estimate of drug-likeness (QED) is 0.573. The van der Waals surface area contributed by atoms with Crippen LogP contribution in [-0.2, 0) is 0 Å². The van der Waals surface area contributed by atoms with Gasteiger partial charge in [-0.3, -0.25) is 0 Å². The van der Waals surface area contributed by atoms with Crippen LogP contribution in [0.2, 0.25) is 0 Å². The number of nitrogen functional groups attached to an aromatic ring is 1. The molecule has 5 heteroatoms. The van der Waals surface area contributed by atoms with Gasteiger partial charge in [0.25, 0.3) is 0 Å². The highest BCUT2D eigenvalue weighted by molar-refractivity contribution is 5.57. The molecular weight excluding hydrogens is 234 g/mol. The minimum Gasteiger partial charge on any atom is -0.508 e. The third kappa shape index (κ3) is 2.40. The third-order valence-corrected chi connectivity index (χ3v) is 2.38. The number of hydrogen-bond donors (Lipinski definition) is 3. The summed E-state index contributed by atoms with van der Waals surface area (Å²) in [7, 11) is 1.45. The molecule has 2 aromatic carbocycles. The Labute approximate surface area is 104 Å². The highest BCUT2D eigenvalue weighted by Gasteiger charge is 2.07. The maximum absolute atomic E-state index is 9.45. The van der Waals surface area contributed by atoms with Crippen molar-refractivity contribution in [2.75, 3.05) is 12.8 Å². The Morgan fingerprint density at radius 1 is 1.00 bits per heavy atom.